The molecule has 2 aromatic carbocycles. The van der Waals surface area contributed by atoms with E-state index in [4.69, 9.17) is 16.0 Å². The second-order valence-corrected chi connectivity index (χ2v) is 6.88. The third-order valence-corrected chi connectivity index (χ3v) is 4.93. The lowest BCUT2D eigenvalue weighted by molar-refractivity contribution is 0.537. The smallest absolute Gasteiger partial charge is 0.262 e. The van der Waals surface area contributed by atoms with Crippen molar-refractivity contribution in [3.05, 3.63) is 81.6 Å². The third-order valence-electron chi connectivity index (χ3n) is 4.69. The molecule has 0 unspecified atom stereocenters. The number of aromatic nitrogens is 5. The second-order valence-electron chi connectivity index (χ2n) is 6.44. The Labute approximate surface area is 163 Å². The first kappa shape index (κ1) is 16.7. The van der Waals surface area contributed by atoms with Gasteiger partial charge in [-0.2, -0.15) is 4.52 Å². The van der Waals surface area contributed by atoms with Crippen LogP contribution in [-0.2, 0) is 6.54 Å². The molecule has 5 aromatic rings. The summed E-state index contributed by atoms with van der Waals surface area (Å²) in [4.78, 5) is 17.8. The highest BCUT2D eigenvalue weighted by Crippen LogP contribution is 2.23. The Morgan fingerprint density at radius 1 is 1.14 bits per heavy atom. The lowest BCUT2D eigenvalue weighted by Crippen LogP contribution is -2.24. The van der Waals surface area contributed by atoms with E-state index in [0.29, 0.717) is 38.9 Å². The van der Waals surface area contributed by atoms with Gasteiger partial charge >= 0.3 is 0 Å². The van der Waals surface area contributed by atoms with Gasteiger partial charge in [-0.05, 0) is 37.3 Å². The van der Waals surface area contributed by atoms with E-state index in [1.54, 1.807) is 33.5 Å². The molecule has 28 heavy (non-hydrogen) atoms. The van der Waals surface area contributed by atoms with Crippen molar-refractivity contribution in [3.8, 4) is 11.5 Å². The van der Waals surface area contributed by atoms with Gasteiger partial charge in [0.15, 0.2) is 5.65 Å². The molecule has 5 rings (SSSR count). The fourth-order valence-electron chi connectivity index (χ4n) is 3.28. The molecule has 0 N–H and O–H groups in total. The number of fused-ring (bicyclic) bond motifs is 3. The van der Waals surface area contributed by atoms with Gasteiger partial charge in [-0.1, -0.05) is 35.0 Å². The molecule has 138 valence electrons. The molecule has 0 radical (unpaired) electrons. The van der Waals surface area contributed by atoms with Gasteiger partial charge in [0.25, 0.3) is 5.56 Å². The fraction of sp³-hybridized carbons (Fsp3) is 0.100. The van der Waals surface area contributed by atoms with Crippen molar-refractivity contribution in [1.82, 2.24) is 24.4 Å². The average molecular weight is 392 g/mol. The van der Waals surface area contributed by atoms with Gasteiger partial charge in [-0.3, -0.25) is 9.36 Å². The molecule has 0 bridgehead atoms. The monoisotopic (exact) mass is 391 g/mol. The van der Waals surface area contributed by atoms with Crippen molar-refractivity contribution < 1.29 is 4.42 Å². The average Bonchev–Trinajstić information content (AvgIpc) is 3.33. The van der Waals surface area contributed by atoms with Gasteiger partial charge in [-0.15, -0.1) is 5.10 Å². The molecular formula is C20H14ClN5O2. The first-order valence-corrected chi connectivity index (χ1v) is 9.04. The van der Waals surface area contributed by atoms with Crippen LogP contribution in [0.4, 0.5) is 0 Å². The van der Waals surface area contributed by atoms with Crippen molar-refractivity contribution in [1.29, 1.82) is 0 Å². The van der Waals surface area contributed by atoms with Crippen LogP contribution < -0.4 is 5.56 Å². The maximum atomic E-state index is 13.2. The summed E-state index contributed by atoms with van der Waals surface area (Å²) >= 11 is 6.10. The number of nitrogens with zero attached hydrogens (tertiary/aromatic N) is 5. The van der Waals surface area contributed by atoms with Gasteiger partial charge in [0.05, 0.1) is 23.6 Å². The predicted molar refractivity (Wildman–Crippen MR) is 106 cm³/mol. The number of halogens is 1. The Balaban J connectivity index is 1.68. The van der Waals surface area contributed by atoms with E-state index in [2.05, 4.69) is 15.3 Å². The second kappa shape index (κ2) is 6.31. The molecule has 0 aliphatic heterocycles. The number of oxazole rings is 1. The van der Waals surface area contributed by atoms with Crippen LogP contribution in [0.25, 0.3) is 28.0 Å². The highest BCUT2D eigenvalue weighted by atomic mass is 35.5. The van der Waals surface area contributed by atoms with E-state index in [9.17, 15) is 4.79 Å². The van der Waals surface area contributed by atoms with E-state index >= 15 is 0 Å². The largest absolute Gasteiger partial charge is 0.441 e. The zero-order chi connectivity index (χ0) is 19.3. The van der Waals surface area contributed by atoms with Crippen molar-refractivity contribution in [3.63, 3.8) is 0 Å². The van der Waals surface area contributed by atoms with Crippen LogP contribution in [0.3, 0.4) is 0 Å². The number of hydrogen-bond acceptors (Lipinski definition) is 5. The first-order chi connectivity index (χ1) is 13.6. The van der Waals surface area contributed by atoms with Crippen LogP contribution >= 0.6 is 11.6 Å². The molecule has 0 saturated carbocycles. The zero-order valence-corrected chi connectivity index (χ0v) is 15.6. The number of benzene rings is 2. The van der Waals surface area contributed by atoms with E-state index in [1.165, 1.54) is 0 Å². The minimum Gasteiger partial charge on any atom is -0.441 e. The number of hydrogen-bond donors (Lipinski definition) is 0. The van der Waals surface area contributed by atoms with Crippen LogP contribution in [0.1, 0.15) is 11.5 Å². The van der Waals surface area contributed by atoms with Crippen LogP contribution in [-0.4, -0.2) is 24.4 Å². The third kappa shape index (κ3) is 2.59. The lowest BCUT2D eigenvalue weighted by atomic mass is 10.2. The molecular weight excluding hydrogens is 378 g/mol. The molecule has 0 atom stereocenters. The van der Waals surface area contributed by atoms with Gasteiger partial charge in [-0.25, -0.2) is 4.98 Å². The SMILES string of the molecule is Cc1oc(-c2ccccc2)nc1Cn1c(=O)c2cc(Cl)ccc2n2nncc12. The molecule has 0 aliphatic rings. The van der Waals surface area contributed by atoms with Crippen molar-refractivity contribution in [2.45, 2.75) is 13.5 Å². The first-order valence-electron chi connectivity index (χ1n) is 8.66. The van der Waals surface area contributed by atoms with Crippen LogP contribution in [0.5, 0.6) is 0 Å². The Kier molecular flexibility index (Phi) is 3.77. The lowest BCUT2D eigenvalue weighted by Gasteiger charge is -2.09. The summed E-state index contributed by atoms with van der Waals surface area (Å²) in [6.45, 7) is 2.07. The topological polar surface area (TPSA) is 78.2 Å². The van der Waals surface area contributed by atoms with E-state index < -0.39 is 0 Å². The van der Waals surface area contributed by atoms with Gasteiger partial charge in [0.2, 0.25) is 5.89 Å². The summed E-state index contributed by atoms with van der Waals surface area (Å²) < 4.78 is 9.03. The minimum absolute atomic E-state index is 0.184. The fourth-order valence-corrected chi connectivity index (χ4v) is 3.45. The number of aryl methyl sites for hydroxylation is 1. The van der Waals surface area contributed by atoms with Gasteiger partial charge in [0, 0.05) is 10.6 Å². The normalized spacial score (nSPS) is 11.5. The Morgan fingerprint density at radius 2 is 1.96 bits per heavy atom. The summed E-state index contributed by atoms with van der Waals surface area (Å²) in [5.41, 5.74) is 2.59. The van der Waals surface area contributed by atoms with Crippen molar-refractivity contribution in [2.75, 3.05) is 0 Å². The minimum atomic E-state index is -0.184. The van der Waals surface area contributed by atoms with Gasteiger partial charge < -0.3 is 4.42 Å². The highest BCUT2D eigenvalue weighted by molar-refractivity contribution is 6.31. The summed E-state index contributed by atoms with van der Waals surface area (Å²) in [5.74, 6) is 1.18. The Bertz CT molecular complexity index is 1380. The standard InChI is InChI=1S/C20H14ClN5O2/c1-12-16(23-19(28-12)13-5-3-2-4-6-13)11-25-18-10-22-24-26(18)17-8-7-14(21)9-15(17)20(25)27/h2-10H,11H2,1H3. The van der Waals surface area contributed by atoms with E-state index in [1.807, 2.05) is 37.3 Å². The van der Waals surface area contributed by atoms with Crippen LogP contribution in [0, 0.1) is 6.92 Å². The maximum absolute atomic E-state index is 13.2. The number of rotatable bonds is 3. The Hall–Kier alpha value is -3.45. The molecule has 3 aromatic heterocycles. The van der Waals surface area contributed by atoms with Crippen LogP contribution in [0.2, 0.25) is 5.02 Å². The molecule has 0 amide bonds. The zero-order valence-electron chi connectivity index (χ0n) is 14.8. The highest BCUT2D eigenvalue weighted by Gasteiger charge is 2.17. The molecule has 0 saturated heterocycles. The summed E-state index contributed by atoms with van der Waals surface area (Å²) in [6.07, 6.45) is 1.56. The van der Waals surface area contributed by atoms with E-state index in [-0.39, 0.29) is 12.1 Å². The molecule has 7 nitrogen and oxygen atoms in total. The predicted octanol–water partition coefficient (Wildman–Crippen LogP) is 3.71. The molecule has 3 heterocycles. The maximum Gasteiger partial charge on any atom is 0.262 e. The molecule has 0 spiro atoms. The van der Waals surface area contributed by atoms with Crippen molar-refractivity contribution in [2.24, 2.45) is 0 Å². The summed E-state index contributed by atoms with van der Waals surface area (Å²) in [6, 6.07) is 14.8. The Morgan fingerprint density at radius 3 is 2.79 bits per heavy atom. The van der Waals surface area contributed by atoms with Crippen molar-refractivity contribution >= 4 is 28.2 Å². The molecule has 8 heteroatoms. The molecule has 0 aliphatic carbocycles. The van der Waals surface area contributed by atoms with E-state index in [0.717, 1.165) is 5.56 Å². The summed E-state index contributed by atoms with van der Waals surface area (Å²) in [7, 11) is 0. The van der Waals surface area contributed by atoms with Crippen LogP contribution in [0.15, 0.2) is 63.9 Å². The molecule has 0 fully saturated rings. The summed E-state index contributed by atoms with van der Waals surface area (Å²) in [5, 5.41) is 9.04. The van der Waals surface area contributed by atoms with Gasteiger partial charge in [0.1, 0.15) is 11.5 Å². The quantitative estimate of drug-likeness (QED) is 0.468.